The van der Waals surface area contributed by atoms with Crippen LogP contribution in [-0.2, 0) is 23.8 Å². The zero-order valence-corrected chi connectivity index (χ0v) is 20.5. The first-order chi connectivity index (χ1) is 16.3. The third kappa shape index (κ3) is 6.32. The molecule has 182 valence electrons. The van der Waals surface area contributed by atoms with Gasteiger partial charge in [-0.2, -0.15) is 5.26 Å². The van der Waals surface area contributed by atoms with Crippen LogP contribution in [0.15, 0.2) is 40.5 Å². The number of rotatable bonds is 8. The maximum absolute atomic E-state index is 13.3. The van der Waals surface area contributed by atoms with E-state index in [1.165, 1.54) is 19.3 Å². The van der Waals surface area contributed by atoms with Gasteiger partial charge >= 0.3 is 11.9 Å². The third-order valence-electron chi connectivity index (χ3n) is 6.25. The summed E-state index contributed by atoms with van der Waals surface area (Å²) in [6.45, 7) is 7.52. The average Bonchev–Trinajstić information content (AvgIpc) is 2.81. The van der Waals surface area contributed by atoms with Gasteiger partial charge in [0.15, 0.2) is 0 Å². The molecular formula is C27H34N2O5. The van der Waals surface area contributed by atoms with E-state index < -0.39 is 23.8 Å². The third-order valence-corrected chi connectivity index (χ3v) is 6.25. The van der Waals surface area contributed by atoms with Gasteiger partial charge in [-0.25, -0.2) is 4.79 Å². The second-order valence-electron chi connectivity index (χ2n) is 9.20. The monoisotopic (exact) mass is 466 g/mol. The minimum absolute atomic E-state index is 0.126. The van der Waals surface area contributed by atoms with E-state index in [9.17, 15) is 14.9 Å². The molecule has 2 atom stereocenters. The van der Waals surface area contributed by atoms with Gasteiger partial charge in [0.25, 0.3) is 0 Å². The molecule has 1 heterocycles. The lowest BCUT2D eigenvalue weighted by Crippen LogP contribution is -2.37. The van der Waals surface area contributed by atoms with Gasteiger partial charge in [0.2, 0.25) is 0 Å². The lowest BCUT2D eigenvalue weighted by atomic mass is 9.75. The molecule has 1 aromatic rings. The number of benzene rings is 1. The highest BCUT2D eigenvalue weighted by atomic mass is 16.6. The van der Waals surface area contributed by atoms with E-state index >= 15 is 0 Å². The van der Waals surface area contributed by atoms with Crippen LogP contribution in [0.5, 0.6) is 0 Å². The molecule has 7 nitrogen and oxygen atoms in total. The second kappa shape index (κ2) is 11.9. The van der Waals surface area contributed by atoms with Crippen molar-refractivity contribution in [2.45, 2.75) is 77.9 Å². The summed E-state index contributed by atoms with van der Waals surface area (Å²) in [4.78, 5) is 30.9. The zero-order chi connectivity index (χ0) is 24.7. The van der Waals surface area contributed by atoms with E-state index in [0.29, 0.717) is 34.7 Å². The van der Waals surface area contributed by atoms with Crippen molar-refractivity contribution in [3.63, 3.8) is 0 Å². The van der Waals surface area contributed by atoms with Crippen molar-refractivity contribution >= 4 is 17.7 Å². The highest BCUT2D eigenvalue weighted by Crippen LogP contribution is 2.40. The zero-order valence-electron chi connectivity index (χ0n) is 20.5. The Bertz CT molecular complexity index is 999. The highest BCUT2D eigenvalue weighted by Gasteiger charge is 2.42. The molecule has 0 aromatic heterocycles. The number of nitriles is 1. The number of hydrogen-bond donors (Lipinski definition) is 0. The van der Waals surface area contributed by atoms with Crippen LogP contribution in [0.4, 0.5) is 0 Å². The van der Waals surface area contributed by atoms with Crippen LogP contribution in [0, 0.1) is 17.2 Å². The normalized spacial score (nSPS) is 21.1. The Morgan fingerprint density at radius 1 is 1.15 bits per heavy atom. The van der Waals surface area contributed by atoms with Crippen molar-refractivity contribution in [1.82, 2.24) is 0 Å². The molecular weight excluding hydrogens is 432 g/mol. The molecule has 34 heavy (non-hydrogen) atoms. The molecule has 2 aliphatic rings. The van der Waals surface area contributed by atoms with Crippen molar-refractivity contribution in [1.29, 1.82) is 5.26 Å². The summed E-state index contributed by atoms with van der Waals surface area (Å²) in [5.41, 5.74) is 2.48. The average molecular weight is 467 g/mol. The SMILES string of the molecule is CC1=NC(C)=C(C(=O)OCCOC2CCCCC2)C(c2cccc(C#N)c2)C1C(=O)OC(C)C. The van der Waals surface area contributed by atoms with Crippen molar-refractivity contribution < 1.29 is 23.8 Å². The first-order valence-corrected chi connectivity index (χ1v) is 12.1. The Kier molecular flexibility index (Phi) is 9.00. The summed E-state index contributed by atoms with van der Waals surface area (Å²) in [5.74, 6) is -2.44. The molecule has 7 heteroatoms. The van der Waals surface area contributed by atoms with Gasteiger partial charge in [-0.1, -0.05) is 31.4 Å². The number of esters is 2. The van der Waals surface area contributed by atoms with Gasteiger partial charge < -0.3 is 14.2 Å². The molecule has 0 radical (unpaired) electrons. The largest absolute Gasteiger partial charge is 0.462 e. The van der Waals surface area contributed by atoms with Gasteiger partial charge in [-0.05, 0) is 58.2 Å². The smallest absolute Gasteiger partial charge is 0.336 e. The number of allylic oxidation sites excluding steroid dienone is 1. The fraction of sp³-hybridized carbons (Fsp3) is 0.556. The molecule has 1 aliphatic carbocycles. The minimum atomic E-state index is -0.791. The molecule has 1 saturated carbocycles. The summed E-state index contributed by atoms with van der Waals surface area (Å²) in [6.07, 6.45) is 5.59. The molecule has 1 fully saturated rings. The minimum Gasteiger partial charge on any atom is -0.462 e. The van der Waals surface area contributed by atoms with Crippen molar-refractivity contribution in [3.05, 3.63) is 46.7 Å². The van der Waals surface area contributed by atoms with Crippen LogP contribution in [0.2, 0.25) is 0 Å². The Hall–Kier alpha value is -2.98. The standard InChI is InChI=1S/C27H34N2O5/c1-17(2)34-27(31)24-19(4)29-18(3)23(25(24)21-10-8-9-20(15-21)16-28)26(30)33-14-13-32-22-11-6-5-7-12-22/h8-10,15,17,22,24-25H,5-7,11-14H2,1-4H3. The first kappa shape index (κ1) is 25.6. The number of aliphatic imine (C=N–C) groups is 1. The fourth-order valence-corrected chi connectivity index (χ4v) is 4.73. The second-order valence-corrected chi connectivity index (χ2v) is 9.20. The molecule has 0 spiro atoms. The number of nitrogens with zero attached hydrogens (tertiary/aromatic N) is 2. The van der Waals surface area contributed by atoms with Crippen LogP contribution in [0.3, 0.4) is 0 Å². The van der Waals surface area contributed by atoms with Crippen molar-refractivity contribution in [3.8, 4) is 6.07 Å². The number of ether oxygens (including phenoxy) is 3. The van der Waals surface area contributed by atoms with Crippen molar-refractivity contribution in [2.75, 3.05) is 13.2 Å². The van der Waals surface area contributed by atoms with Crippen LogP contribution in [-0.4, -0.2) is 43.1 Å². The number of hydrogen-bond acceptors (Lipinski definition) is 7. The fourth-order valence-electron chi connectivity index (χ4n) is 4.73. The van der Waals surface area contributed by atoms with Crippen LogP contribution >= 0.6 is 0 Å². The van der Waals surface area contributed by atoms with Gasteiger partial charge in [0.1, 0.15) is 12.5 Å². The molecule has 0 saturated heterocycles. The van der Waals surface area contributed by atoms with Crippen molar-refractivity contribution in [2.24, 2.45) is 10.9 Å². The first-order valence-electron chi connectivity index (χ1n) is 12.1. The van der Waals surface area contributed by atoms with E-state index in [1.807, 2.05) is 6.07 Å². The molecule has 1 aliphatic heterocycles. The maximum atomic E-state index is 13.3. The van der Waals surface area contributed by atoms with E-state index in [2.05, 4.69) is 11.1 Å². The lowest BCUT2D eigenvalue weighted by Gasteiger charge is -2.32. The Morgan fingerprint density at radius 3 is 2.56 bits per heavy atom. The van der Waals surface area contributed by atoms with Gasteiger partial charge in [0.05, 0.1) is 36.0 Å². The molecule has 2 unspecified atom stereocenters. The molecule has 0 bridgehead atoms. The van der Waals surface area contributed by atoms with Gasteiger partial charge in [0, 0.05) is 17.3 Å². The summed E-state index contributed by atoms with van der Waals surface area (Å²) >= 11 is 0. The van der Waals surface area contributed by atoms with Crippen LogP contribution in [0.1, 0.15) is 76.8 Å². The molecule has 0 N–H and O–H groups in total. The molecule has 0 amide bonds. The van der Waals surface area contributed by atoms with Gasteiger partial charge in [-0.15, -0.1) is 0 Å². The van der Waals surface area contributed by atoms with Gasteiger partial charge in [-0.3, -0.25) is 9.79 Å². The van der Waals surface area contributed by atoms with Crippen LogP contribution < -0.4 is 0 Å². The predicted octanol–water partition coefficient (Wildman–Crippen LogP) is 4.85. The lowest BCUT2D eigenvalue weighted by molar-refractivity contribution is -0.150. The predicted molar refractivity (Wildman–Crippen MR) is 128 cm³/mol. The topological polar surface area (TPSA) is 98.0 Å². The van der Waals surface area contributed by atoms with E-state index in [1.54, 1.807) is 45.9 Å². The molecule has 3 rings (SSSR count). The van der Waals surface area contributed by atoms with E-state index in [-0.39, 0.29) is 18.8 Å². The summed E-state index contributed by atoms with van der Waals surface area (Å²) in [7, 11) is 0. The maximum Gasteiger partial charge on any atom is 0.336 e. The quantitative estimate of drug-likeness (QED) is 0.401. The summed E-state index contributed by atoms with van der Waals surface area (Å²) in [5, 5.41) is 9.40. The Balaban J connectivity index is 1.85. The van der Waals surface area contributed by atoms with E-state index in [4.69, 9.17) is 14.2 Å². The number of carbonyl (C=O) groups excluding carboxylic acids is 2. The van der Waals surface area contributed by atoms with E-state index in [0.717, 1.165) is 12.8 Å². The summed E-state index contributed by atoms with van der Waals surface area (Å²) < 4.78 is 17.0. The molecule has 1 aromatic carbocycles. The highest BCUT2D eigenvalue weighted by molar-refractivity contribution is 6.07. The summed E-state index contributed by atoms with van der Waals surface area (Å²) in [6, 6.07) is 9.07. The Morgan fingerprint density at radius 2 is 1.88 bits per heavy atom. The number of carbonyl (C=O) groups is 2. The van der Waals surface area contributed by atoms with Crippen LogP contribution in [0.25, 0.3) is 0 Å². The Labute approximate surface area is 201 Å².